The molecule has 16 heavy (non-hydrogen) atoms. The second-order valence-electron chi connectivity index (χ2n) is 4.11. The number of carbonyl (C=O) groups is 3. The SMILES string of the molecule is NCC(=O)N1CCCC2(C1)NC(=O)NC2=O. The van der Waals surface area contributed by atoms with E-state index in [2.05, 4.69) is 10.6 Å². The zero-order chi connectivity index (χ0) is 11.8. The minimum absolute atomic E-state index is 0.0777. The van der Waals surface area contributed by atoms with Gasteiger partial charge >= 0.3 is 6.03 Å². The molecular formula is C9H14N4O3. The predicted octanol–water partition coefficient (Wildman–Crippen LogP) is -1.85. The number of likely N-dealkylation sites (tertiary alicyclic amines) is 1. The van der Waals surface area contributed by atoms with E-state index in [4.69, 9.17) is 5.73 Å². The Bertz CT molecular complexity index is 357. The van der Waals surface area contributed by atoms with Gasteiger partial charge in [-0.05, 0) is 12.8 Å². The van der Waals surface area contributed by atoms with Crippen molar-refractivity contribution in [3.8, 4) is 0 Å². The maximum Gasteiger partial charge on any atom is 0.322 e. The summed E-state index contributed by atoms with van der Waals surface area (Å²) in [5.41, 5.74) is 4.33. The van der Waals surface area contributed by atoms with E-state index in [1.807, 2.05) is 0 Å². The van der Waals surface area contributed by atoms with Gasteiger partial charge in [-0.25, -0.2) is 4.79 Å². The number of carbonyl (C=O) groups excluding carboxylic acids is 3. The predicted molar refractivity (Wildman–Crippen MR) is 54.3 cm³/mol. The van der Waals surface area contributed by atoms with Crippen molar-refractivity contribution in [2.45, 2.75) is 18.4 Å². The number of nitrogens with one attached hydrogen (secondary N) is 2. The Morgan fingerprint density at radius 2 is 2.25 bits per heavy atom. The molecule has 2 saturated heterocycles. The van der Waals surface area contributed by atoms with Crippen LogP contribution in [0.4, 0.5) is 4.79 Å². The highest BCUT2D eigenvalue weighted by atomic mass is 16.2. The van der Waals surface area contributed by atoms with E-state index in [-0.39, 0.29) is 24.9 Å². The minimum atomic E-state index is -0.944. The van der Waals surface area contributed by atoms with Crippen LogP contribution in [-0.2, 0) is 9.59 Å². The fourth-order valence-electron chi connectivity index (χ4n) is 2.21. The molecule has 0 saturated carbocycles. The molecular weight excluding hydrogens is 212 g/mol. The quantitative estimate of drug-likeness (QED) is 0.456. The molecule has 0 bridgehead atoms. The van der Waals surface area contributed by atoms with E-state index in [0.29, 0.717) is 19.4 Å². The van der Waals surface area contributed by atoms with Crippen LogP contribution in [0.15, 0.2) is 0 Å². The monoisotopic (exact) mass is 226 g/mol. The van der Waals surface area contributed by atoms with Gasteiger partial charge in [-0.2, -0.15) is 0 Å². The zero-order valence-electron chi connectivity index (χ0n) is 8.78. The summed E-state index contributed by atoms with van der Waals surface area (Å²) in [5.74, 6) is -0.556. The Morgan fingerprint density at radius 1 is 1.50 bits per heavy atom. The van der Waals surface area contributed by atoms with Crippen molar-refractivity contribution in [3.05, 3.63) is 0 Å². The highest BCUT2D eigenvalue weighted by molar-refractivity contribution is 6.07. The lowest BCUT2D eigenvalue weighted by Gasteiger charge is -2.37. The van der Waals surface area contributed by atoms with Gasteiger partial charge in [-0.1, -0.05) is 0 Å². The van der Waals surface area contributed by atoms with Crippen LogP contribution in [0, 0.1) is 0 Å². The third-order valence-corrected chi connectivity index (χ3v) is 3.03. The van der Waals surface area contributed by atoms with Crippen LogP contribution < -0.4 is 16.4 Å². The molecule has 2 heterocycles. The molecule has 0 radical (unpaired) electrons. The number of hydrogen-bond donors (Lipinski definition) is 3. The standard InChI is InChI=1S/C9H14N4O3/c10-4-6(14)13-3-1-2-9(5-13)7(15)11-8(16)12-9/h1-5,10H2,(H2,11,12,15,16). The molecule has 4 amide bonds. The minimum Gasteiger partial charge on any atom is -0.339 e. The third kappa shape index (κ3) is 1.63. The summed E-state index contributed by atoms with van der Waals surface area (Å²) in [5, 5.41) is 4.79. The molecule has 0 aromatic rings. The van der Waals surface area contributed by atoms with Gasteiger partial charge in [0.05, 0.1) is 13.1 Å². The fraction of sp³-hybridized carbons (Fsp3) is 0.667. The molecule has 7 nitrogen and oxygen atoms in total. The van der Waals surface area contributed by atoms with Gasteiger partial charge in [0.15, 0.2) is 0 Å². The molecule has 0 aliphatic carbocycles. The number of piperidine rings is 1. The highest BCUT2D eigenvalue weighted by Gasteiger charge is 2.49. The van der Waals surface area contributed by atoms with Crippen molar-refractivity contribution in [2.24, 2.45) is 5.73 Å². The normalized spacial score (nSPS) is 29.2. The van der Waals surface area contributed by atoms with Crippen LogP contribution in [0.2, 0.25) is 0 Å². The molecule has 2 aliphatic rings. The Morgan fingerprint density at radius 3 is 2.81 bits per heavy atom. The molecule has 1 spiro atoms. The second-order valence-corrected chi connectivity index (χ2v) is 4.11. The summed E-state index contributed by atoms with van der Waals surface area (Å²) in [6.45, 7) is 0.715. The topological polar surface area (TPSA) is 105 Å². The van der Waals surface area contributed by atoms with Gasteiger partial charge in [-0.15, -0.1) is 0 Å². The molecule has 1 atom stereocenters. The van der Waals surface area contributed by atoms with Crippen LogP contribution in [-0.4, -0.2) is 47.9 Å². The lowest BCUT2D eigenvalue weighted by atomic mass is 9.89. The summed E-state index contributed by atoms with van der Waals surface area (Å²) < 4.78 is 0. The molecule has 0 aromatic carbocycles. The van der Waals surface area contributed by atoms with Gasteiger partial charge in [0.1, 0.15) is 5.54 Å². The Hall–Kier alpha value is -1.63. The van der Waals surface area contributed by atoms with Gasteiger partial charge in [0.2, 0.25) is 5.91 Å². The smallest absolute Gasteiger partial charge is 0.322 e. The van der Waals surface area contributed by atoms with Gasteiger partial charge in [0.25, 0.3) is 5.91 Å². The van der Waals surface area contributed by atoms with Gasteiger partial charge in [-0.3, -0.25) is 14.9 Å². The lowest BCUT2D eigenvalue weighted by molar-refractivity contribution is -0.135. The number of hydrogen-bond acceptors (Lipinski definition) is 4. The van der Waals surface area contributed by atoms with Crippen LogP contribution in [0.25, 0.3) is 0 Å². The van der Waals surface area contributed by atoms with E-state index in [1.165, 1.54) is 4.90 Å². The average molecular weight is 226 g/mol. The van der Waals surface area contributed by atoms with E-state index >= 15 is 0 Å². The number of imide groups is 1. The van der Waals surface area contributed by atoms with Crippen LogP contribution in [0.3, 0.4) is 0 Å². The van der Waals surface area contributed by atoms with Crippen LogP contribution >= 0.6 is 0 Å². The Kier molecular flexibility index (Phi) is 2.55. The lowest BCUT2D eigenvalue weighted by Crippen LogP contribution is -2.60. The van der Waals surface area contributed by atoms with E-state index in [0.717, 1.165) is 0 Å². The maximum atomic E-state index is 11.7. The van der Waals surface area contributed by atoms with E-state index in [1.54, 1.807) is 0 Å². The van der Waals surface area contributed by atoms with Crippen molar-refractivity contribution >= 4 is 17.8 Å². The first kappa shape index (κ1) is 10.9. The van der Waals surface area contributed by atoms with Crippen molar-refractivity contribution in [1.29, 1.82) is 0 Å². The van der Waals surface area contributed by atoms with Crippen LogP contribution in [0.1, 0.15) is 12.8 Å². The molecule has 2 fully saturated rings. The average Bonchev–Trinajstić information content (AvgIpc) is 2.52. The number of rotatable bonds is 1. The number of amides is 4. The van der Waals surface area contributed by atoms with Crippen molar-refractivity contribution in [3.63, 3.8) is 0 Å². The summed E-state index contributed by atoms with van der Waals surface area (Å²) in [6.07, 6.45) is 1.23. The second kappa shape index (κ2) is 3.75. The highest BCUT2D eigenvalue weighted by Crippen LogP contribution is 2.24. The van der Waals surface area contributed by atoms with E-state index in [9.17, 15) is 14.4 Å². The molecule has 7 heteroatoms. The Balaban J connectivity index is 2.15. The first-order valence-electron chi connectivity index (χ1n) is 5.19. The number of nitrogens with zero attached hydrogens (tertiary/aromatic N) is 1. The summed E-state index contributed by atoms with van der Waals surface area (Å²) in [4.78, 5) is 35.7. The van der Waals surface area contributed by atoms with Crippen molar-refractivity contribution < 1.29 is 14.4 Å². The largest absolute Gasteiger partial charge is 0.339 e. The molecule has 1 unspecified atom stereocenters. The van der Waals surface area contributed by atoms with Gasteiger partial charge < -0.3 is 16.0 Å². The molecule has 4 N–H and O–H groups in total. The fourth-order valence-corrected chi connectivity index (χ4v) is 2.21. The Labute approximate surface area is 92.3 Å². The van der Waals surface area contributed by atoms with E-state index < -0.39 is 11.6 Å². The molecule has 88 valence electrons. The summed E-state index contributed by atoms with van der Waals surface area (Å²) >= 11 is 0. The first-order valence-corrected chi connectivity index (χ1v) is 5.19. The zero-order valence-corrected chi connectivity index (χ0v) is 8.78. The van der Waals surface area contributed by atoms with Crippen LogP contribution in [0.5, 0.6) is 0 Å². The molecule has 2 aliphatic heterocycles. The maximum absolute atomic E-state index is 11.7. The number of nitrogens with two attached hydrogens (primary N) is 1. The first-order chi connectivity index (χ1) is 7.57. The summed E-state index contributed by atoms with van der Waals surface area (Å²) in [6, 6.07) is -0.493. The molecule has 0 aromatic heterocycles. The summed E-state index contributed by atoms with van der Waals surface area (Å²) in [7, 11) is 0. The number of urea groups is 1. The third-order valence-electron chi connectivity index (χ3n) is 3.03. The molecule has 2 rings (SSSR count). The van der Waals surface area contributed by atoms with Crippen molar-refractivity contribution in [1.82, 2.24) is 15.5 Å². The van der Waals surface area contributed by atoms with Gasteiger partial charge in [0, 0.05) is 6.54 Å². The van der Waals surface area contributed by atoms with Crippen molar-refractivity contribution in [2.75, 3.05) is 19.6 Å².